The molecule has 2 aliphatic rings. The van der Waals surface area contributed by atoms with Gasteiger partial charge in [-0.25, -0.2) is 0 Å². The molecule has 0 saturated carbocycles. The van der Waals surface area contributed by atoms with Crippen molar-refractivity contribution in [2.75, 3.05) is 0 Å². The second-order valence-electron chi connectivity index (χ2n) is 10.1. The molecule has 2 nitrogen and oxygen atoms in total. The van der Waals surface area contributed by atoms with Crippen LogP contribution in [-0.4, -0.2) is 20.7 Å². The normalized spacial score (nSPS) is 34.4. The molecule has 0 aromatic rings. The number of aliphatic hydroxyl groups excluding tert-OH is 2. The first-order chi connectivity index (χ1) is 10.2. The van der Waals surface area contributed by atoms with Gasteiger partial charge in [-0.3, -0.25) is 0 Å². The zero-order chi connectivity index (χ0) is 17.8. The quantitative estimate of drug-likeness (QED) is 0.625. The van der Waals surface area contributed by atoms with Crippen molar-refractivity contribution >= 4 is 11.8 Å². The lowest BCUT2D eigenvalue weighted by atomic mass is 9.67. The molecule has 2 unspecified atom stereocenters. The molecule has 0 amide bonds. The van der Waals surface area contributed by atoms with Crippen LogP contribution in [0.25, 0.3) is 0 Å². The number of thioether (sulfide) groups is 1. The highest BCUT2D eigenvalue weighted by atomic mass is 32.2. The highest BCUT2D eigenvalue weighted by Gasteiger charge is 2.51. The molecule has 0 aromatic heterocycles. The second-order valence-corrected chi connectivity index (χ2v) is 11.4. The van der Waals surface area contributed by atoms with Crippen molar-refractivity contribution in [3.05, 3.63) is 23.7 Å². The second kappa shape index (κ2) is 5.47. The molecule has 2 atom stereocenters. The number of allylic oxidation sites excluding steroid dienone is 4. The monoisotopic (exact) mass is 338 g/mol. The summed E-state index contributed by atoms with van der Waals surface area (Å²) in [5.74, 6) is 1.05. The summed E-state index contributed by atoms with van der Waals surface area (Å²) in [5.41, 5.74) is -0.0114. The molecule has 0 aromatic carbocycles. The minimum absolute atomic E-state index is 0.0440. The van der Waals surface area contributed by atoms with Crippen LogP contribution in [-0.2, 0) is 0 Å². The van der Waals surface area contributed by atoms with Crippen molar-refractivity contribution in [3.63, 3.8) is 0 Å². The maximum absolute atomic E-state index is 10.2. The van der Waals surface area contributed by atoms with Gasteiger partial charge in [-0.2, -0.15) is 11.8 Å². The Balaban J connectivity index is 2.40. The Morgan fingerprint density at radius 3 is 1.30 bits per heavy atom. The number of rotatable bonds is 2. The lowest BCUT2D eigenvalue weighted by molar-refractivity contribution is 0.168. The Morgan fingerprint density at radius 2 is 1.04 bits per heavy atom. The SMILES string of the molecule is CC1(C)C=C(O)CC(C)(C)C1SC1C(C)(C)C=C(O)CC1(C)C. The molecular weight excluding hydrogens is 304 g/mol. The summed E-state index contributed by atoms with van der Waals surface area (Å²) in [4.78, 5) is 0. The largest absolute Gasteiger partial charge is 0.513 e. The van der Waals surface area contributed by atoms with Gasteiger partial charge in [0.25, 0.3) is 0 Å². The third-order valence-electron chi connectivity index (χ3n) is 5.39. The van der Waals surface area contributed by atoms with E-state index in [1.54, 1.807) is 0 Å². The van der Waals surface area contributed by atoms with Crippen LogP contribution in [0.2, 0.25) is 0 Å². The molecule has 0 spiro atoms. The maximum atomic E-state index is 10.2. The lowest BCUT2D eigenvalue weighted by Gasteiger charge is -2.53. The van der Waals surface area contributed by atoms with Crippen molar-refractivity contribution in [3.8, 4) is 0 Å². The molecule has 0 heterocycles. The summed E-state index contributed by atoms with van der Waals surface area (Å²) in [6.07, 6.45) is 5.57. The molecule has 0 radical (unpaired) electrons. The van der Waals surface area contributed by atoms with E-state index in [1.807, 2.05) is 12.2 Å². The predicted octanol–water partition coefficient (Wildman–Crippen LogP) is 6.25. The summed E-state index contributed by atoms with van der Waals surface area (Å²) >= 11 is 2.06. The zero-order valence-corrected chi connectivity index (χ0v) is 16.8. The van der Waals surface area contributed by atoms with Gasteiger partial charge in [0.15, 0.2) is 0 Å². The molecule has 23 heavy (non-hydrogen) atoms. The third kappa shape index (κ3) is 3.60. The summed E-state index contributed by atoms with van der Waals surface area (Å²) in [6, 6.07) is 0. The minimum atomic E-state index is -0.0497. The molecule has 0 bridgehead atoms. The first-order valence-electron chi connectivity index (χ1n) is 8.64. The van der Waals surface area contributed by atoms with Crippen molar-refractivity contribution in [2.45, 2.75) is 78.7 Å². The Labute approximate surface area is 146 Å². The van der Waals surface area contributed by atoms with Gasteiger partial charge < -0.3 is 10.2 Å². The molecule has 2 rings (SSSR count). The molecule has 3 heteroatoms. The molecular formula is C20H34O2S. The van der Waals surface area contributed by atoms with Crippen LogP contribution < -0.4 is 0 Å². The van der Waals surface area contributed by atoms with E-state index in [4.69, 9.17) is 0 Å². The molecule has 0 aliphatic heterocycles. The number of hydrogen-bond acceptors (Lipinski definition) is 3. The minimum Gasteiger partial charge on any atom is -0.513 e. The number of hydrogen-bond donors (Lipinski definition) is 2. The number of aliphatic hydroxyl groups is 2. The van der Waals surface area contributed by atoms with Gasteiger partial charge in [-0.15, -0.1) is 0 Å². The van der Waals surface area contributed by atoms with Gasteiger partial charge in [0.1, 0.15) is 0 Å². The van der Waals surface area contributed by atoms with E-state index in [0.29, 0.717) is 22.0 Å². The van der Waals surface area contributed by atoms with Crippen LogP contribution in [0.1, 0.15) is 68.2 Å². The van der Waals surface area contributed by atoms with Gasteiger partial charge in [0.05, 0.1) is 11.5 Å². The van der Waals surface area contributed by atoms with Crippen LogP contribution in [0.15, 0.2) is 23.7 Å². The fourth-order valence-electron chi connectivity index (χ4n) is 5.10. The van der Waals surface area contributed by atoms with Gasteiger partial charge in [0, 0.05) is 23.3 Å². The maximum Gasteiger partial charge on any atom is 0.0894 e. The van der Waals surface area contributed by atoms with Crippen LogP contribution >= 0.6 is 11.8 Å². The Kier molecular flexibility index (Phi) is 4.46. The summed E-state index contributed by atoms with van der Waals surface area (Å²) < 4.78 is 0. The van der Waals surface area contributed by atoms with Crippen LogP contribution in [0.5, 0.6) is 0 Å². The van der Waals surface area contributed by atoms with Crippen molar-refractivity contribution < 1.29 is 10.2 Å². The van der Waals surface area contributed by atoms with Crippen molar-refractivity contribution in [1.29, 1.82) is 0 Å². The van der Waals surface area contributed by atoms with Gasteiger partial charge in [0.2, 0.25) is 0 Å². The van der Waals surface area contributed by atoms with E-state index in [-0.39, 0.29) is 21.7 Å². The highest BCUT2D eigenvalue weighted by molar-refractivity contribution is 8.00. The van der Waals surface area contributed by atoms with Crippen LogP contribution in [0.3, 0.4) is 0 Å². The van der Waals surface area contributed by atoms with E-state index in [1.165, 1.54) is 0 Å². The summed E-state index contributed by atoms with van der Waals surface area (Å²) in [6.45, 7) is 18.0. The smallest absolute Gasteiger partial charge is 0.0894 e. The van der Waals surface area contributed by atoms with Gasteiger partial charge >= 0.3 is 0 Å². The standard InChI is InChI=1S/C20H34O2S/c1-17(2)9-13(21)10-18(3,4)15(17)23-16-19(5,6)11-14(22)12-20(16,7)8/h9,11,15-16,21-22H,10,12H2,1-8H3. The Morgan fingerprint density at radius 1 is 0.739 bits per heavy atom. The summed E-state index contributed by atoms with van der Waals surface area (Å²) in [5, 5.41) is 21.1. The lowest BCUT2D eigenvalue weighted by Crippen LogP contribution is -2.48. The van der Waals surface area contributed by atoms with Crippen molar-refractivity contribution in [1.82, 2.24) is 0 Å². The zero-order valence-electron chi connectivity index (χ0n) is 16.0. The topological polar surface area (TPSA) is 40.5 Å². The molecule has 0 saturated heterocycles. The first kappa shape index (κ1) is 18.8. The Hall–Kier alpha value is -0.570. The molecule has 2 N–H and O–H groups in total. The van der Waals surface area contributed by atoms with Crippen LogP contribution in [0, 0.1) is 21.7 Å². The fraction of sp³-hybridized carbons (Fsp3) is 0.800. The van der Waals surface area contributed by atoms with Crippen molar-refractivity contribution in [2.24, 2.45) is 21.7 Å². The molecule has 132 valence electrons. The molecule has 0 fully saturated rings. The third-order valence-corrected chi connectivity index (χ3v) is 8.43. The van der Waals surface area contributed by atoms with Gasteiger partial charge in [-0.1, -0.05) is 55.4 Å². The Bertz CT molecular complexity index is 490. The van der Waals surface area contributed by atoms with E-state index < -0.39 is 0 Å². The first-order valence-corrected chi connectivity index (χ1v) is 9.59. The van der Waals surface area contributed by atoms with E-state index in [2.05, 4.69) is 67.2 Å². The average molecular weight is 339 g/mol. The predicted molar refractivity (Wildman–Crippen MR) is 101 cm³/mol. The fourth-order valence-corrected chi connectivity index (χ4v) is 7.11. The van der Waals surface area contributed by atoms with E-state index in [0.717, 1.165) is 12.8 Å². The highest BCUT2D eigenvalue weighted by Crippen LogP contribution is 2.58. The molecule has 2 aliphatic carbocycles. The van der Waals surface area contributed by atoms with Crippen LogP contribution in [0.4, 0.5) is 0 Å². The average Bonchev–Trinajstić information content (AvgIpc) is 2.19. The van der Waals surface area contributed by atoms with E-state index in [9.17, 15) is 10.2 Å². The van der Waals surface area contributed by atoms with Gasteiger partial charge in [-0.05, 0) is 33.8 Å². The van der Waals surface area contributed by atoms with E-state index >= 15 is 0 Å². The summed E-state index contributed by atoms with van der Waals surface area (Å²) in [7, 11) is 0.